The molecule has 0 atom stereocenters. The molecule has 7 heteroatoms. The third-order valence-corrected chi connectivity index (χ3v) is 8.30. The van der Waals surface area contributed by atoms with Gasteiger partial charge in [0.2, 0.25) is 0 Å². The fraction of sp³-hybridized carbons (Fsp3) is 0.212. The first-order valence-electron chi connectivity index (χ1n) is 13.8. The molecule has 4 aromatic carbocycles. The Balaban J connectivity index is 1.37. The van der Waals surface area contributed by atoms with Gasteiger partial charge in [0.25, 0.3) is 0 Å². The van der Waals surface area contributed by atoms with Crippen molar-refractivity contribution in [1.29, 1.82) is 0 Å². The summed E-state index contributed by atoms with van der Waals surface area (Å²) in [4.78, 5) is 14.9. The molecular weight excluding hydrogens is 494 g/mol. The van der Waals surface area contributed by atoms with Crippen LogP contribution in [-0.2, 0) is 6.42 Å². The van der Waals surface area contributed by atoms with Crippen molar-refractivity contribution in [3.05, 3.63) is 72.6 Å². The van der Waals surface area contributed by atoms with Gasteiger partial charge in [0.1, 0.15) is 11.3 Å². The normalized spacial score (nSPS) is 13.5. The SMILES string of the molecule is CC(C)C1=Nc2c(c3ccc(-c4ccc5c(c4)c4c[nH]ncc4c4nc(C(C)C)nc54)cc3c3cnncc23)C1. The summed E-state index contributed by atoms with van der Waals surface area (Å²) in [7, 11) is 0. The average Bonchev–Trinajstić information content (AvgIpc) is 3.64. The molecular formula is C33H27N7. The second kappa shape index (κ2) is 8.36. The van der Waals surface area contributed by atoms with Gasteiger partial charge in [-0.1, -0.05) is 52.0 Å². The smallest absolute Gasteiger partial charge is 0.132 e. The summed E-state index contributed by atoms with van der Waals surface area (Å²) in [5.41, 5.74) is 7.71. The molecule has 7 nitrogen and oxygen atoms in total. The van der Waals surface area contributed by atoms with Crippen LogP contribution in [0, 0.1) is 5.92 Å². The van der Waals surface area contributed by atoms with E-state index in [4.69, 9.17) is 15.0 Å². The number of nitrogens with zero attached hydrogens (tertiary/aromatic N) is 6. The Kier molecular flexibility index (Phi) is 4.83. The molecule has 0 radical (unpaired) electrons. The lowest BCUT2D eigenvalue weighted by atomic mass is 9.91. The number of hydrogen-bond donors (Lipinski definition) is 1. The van der Waals surface area contributed by atoms with Gasteiger partial charge in [-0.05, 0) is 50.9 Å². The number of H-pyrrole nitrogens is 1. The van der Waals surface area contributed by atoms with Crippen molar-refractivity contribution in [2.45, 2.75) is 40.0 Å². The molecule has 0 saturated heterocycles. The lowest BCUT2D eigenvalue weighted by Gasteiger charge is -2.13. The summed E-state index contributed by atoms with van der Waals surface area (Å²) in [6, 6.07) is 13.4. The van der Waals surface area contributed by atoms with Gasteiger partial charge in [-0.15, -0.1) is 0 Å². The molecule has 0 aliphatic carbocycles. The highest BCUT2D eigenvalue weighted by molar-refractivity contribution is 6.24. The highest BCUT2D eigenvalue weighted by Gasteiger charge is 2.23. The van der Waals surface area contributed by atoms with Crippen molar-refractivity contribution in [1.82, 2.24) is 30.4 Å². The Labute approximate surface area is 230 Å². The molecule has 0 fully saturated rings. The van der Waals surface area contributed by atoms with Gasteiger partial charge in [0.15, 0.2) is 0 Å². The lowest BCUT2D eigenvalue weighted by molar-refractivity contribution is 0.799. The Hall–Kier alpha value is -4.78. The predicted octanol–water partition coefficient (Wildman–Crippen LogP) is 7.83. The highest BCUT2D eigenvalue weighted by atomic mass is 15.1. The number of aromatic amines is 1. The van der Waals surface area contributed by atoms with Gasteiger partial charge in [0, 0.05) is 51.2 Å². The van der Waals surface area contributed by atoms with E-state index in [0.717, 1.165) is 72.4 Å². The third kappa shape index (κ3) is 3.24. The van der Waals surface area contributed by atoms with E-state index in [9.17, 15) is 0 Å². The first-order valence-corrected chi connectivity index (χ1v) is 13.8. The quantitative estimate of drug-likeness (QED) is 0.239. The van der Waals surface area contributed by atoms with E-state index in [1.807, 2.05) is 24.8 Å². The van der Waals surface area contributed by atoms with Crippen LogP contribution in [0.1, 0.15) is 45.0 Å². The zero-order chi connectivity index (χ0) is 27.1. The maximum absolute atomic E-state index is 5.04. The molecule has 3 aromatic heterocycles. The Bertz CT molecular complexity index is 2210. The molecule has 0 saturated carbocycles. The summed E-state index contributed by atoms with van der Waals surface area (Å²) in [6.45, 7) is 8.68. The van der Waals surface area contributed by atoms with Crippen molar-refractivity contribution in [2.75, 3.05) is 0 Å². The Morgan fingerprint density at radius 3 is 2.05 bits per heavy atom. The zero-order valence-electron chi connectivity index (χ0n) is 22.8. The second-order valence-electron chi connectivity index (χ2n) is 11.4. The van der Waals surface area contributed by atoms with E-state index in [2.05, 4.69) is 84.5 Å². The minimum atomic E-state index is 0.251. The van der Waals surface area contributed by atoms with E-state index in [-0.39, 0.29) is 5.92 Å². The van der Waals surface area contributed by atoms with Crippen LogP contribution in [0.25, 0.3) is 65.3 Å². The van der Waals surface area contributed by atoms with Crippen molar-refractivity contribution in [3.8, 4) is 11.1 Å². The highest BCUT2D eigenvalue weighted by Crippen LogP contribution is 2.43. The van der Waals surface area contributed by atoms with E-state index in [1.165, 1.54) is 22.0 Å². The number of hydrogen-bond acceptors (Lipinski definition) is 6. The van der Waals surface area contributed by atoms with Crippen LogP contribution in [-0.4, -0.2) is 36.1 Å². The van der Waals surface area contributed by atoms with Crippen LogP contribution in [0.3, 0.4) is 0 Å². The lowest BCUT2D eigenvalue weighted by Crippen LogP contribution is -2.06. The molecule has 1 aliphatic heterocycles. The summed E-state index contributed by atoms with van der Waals surface area (Å²) < 4.78 is 0. The maximum atomic E-state index is 5.04. The number of benzene rings is 4. The third-order valence-electron chi connectivity index (χ3n) is 8.30. The fourth-order valence-electron chi connectivity index (χ4n) is 6.14. The van der Waals surface area contributed by atoms with Gasteiger partial charge in [-0.25, -0.2) is 9.97 Å². The summed E-state index contributed by atoms with van der Waals surface area (Å²) >= 11 is 0. The molecule has 0 unspecified atom stereocenters. The molecule has 0 amide bonds. The molecule has 194 valence electrons. The molecule has 0 bridgehead atoms. The largest absolute Gasteiger partial charge is 0.285 e. The summed E-state index contributed by atoms with van der Waals surface area (Å²) in [5, 5.41) is 24.7. The van der Waals surface area contributed by atoms with Gasteiger partial charge < -0.3 is 0 Å². The molecule has 1 N–H and O–H groups in total. The Morgan fingerprint density at radius 1 is 0.650 bits per heavy atom. The summed E-state index contributed by atoms with van der Waals surface area (Å²) in [5.74, 6) is 1.52. The topological polar surface area (TPSA) is 92.6 Å². The Morgan fingerprint density at radius 2 is 1.32 bits per heavy atom. The molecule has 7 aromatic rings. The molecule has 0 spiro atoms. The van der Waals surface area contributed by atoms with Gasteiger partial charge in [-0.2, -0.15) is 15.3 Å². The van der Waals surface area contributed by atoms with Gasteiger partial charge in [0.05, 0.1) is 29.8 Å². The fourth-order valence-corrected chi connectivity index (χ4v) is 6.14. The maximum Gasteiger partial charge on any atom is 0.132 e. The molecule has 4 heterocycles. The number of imidazole rings is 1. The van der Waals surface area contributed by atoms with E-state index < -0.39 is 0 Å². The van der Waals surface area contributed by atoms with E-state index in [0.29, 0.717) is 5.92 Å². The molecule has 1 aliphatic rings. The van der Waals surface area contributed by atoms with Crippen LogP contribution in [0.4, 0.5) is 5.69 Å². The van der Waals surface area contributed by atoms with Crippen molar-refractivity contribution in [2.24, 2.45) is 10.9 Å². The standard InChI is InChI=1S/C33H27N7/c1-16(2)29-11-24-20-7-5-18(9-22(20)25-12-34-36-14-27(25)30(24)38-29)19-6-8-21-23(10-19)26-13-35-37-15-28(26)32-31(21)39-33(40-32)17(3)4/h5-10,12-17,35H,11H2,1-4H3. The number of rotatable bonds is 3. The van der Waals surface area contributed by atoms with Crippen LogP contribution < -0.4 is 0 Å². The van der Waals surface area contributed by atoms with E-state index >= 15 is 0 Å². The van der Waals surface area contributed by atoms with Crippen LogP contribution in [0.2, 0.25) is 0 Å². The number of fused-ring (bicyclic) bond motifs is 12. The minimum Gasteiger partial charge on any atom is -0.285 e. The average molecular weight is 522 g/mol. The number of aliphatic imine (C=N–C) groups is 1. The second-order valence-corrected chi connectivity index (χ2v) is 11.4. The monoisotopic (exact) mass is 521 g/mol. The van der Waals surface area contributed by atoms with Gasteiger partial charge in [-0.3, -0.25) is 10.1 Å². The minimum absolute atomic E-state index is 0.251. The van der Waals surface area contributed by atoms with Gasteiger partial charge >= 0.3 is 0 Å². The first kappa shape index (κ1) is 23.1. The van der Waals surface area contributed by atoms with Crippen molar-refractivity contribution in [3.63, 3.8) is 0 Å². The zero-order valence-corrected chi connectivity index (χ0v) is 22.8. The number of nitrogens with one attached hydrogen (secondary N) is 1. The summed E-state index contributed by atoms with van der Waals surface area (Å²) in [6.07, 6.45) is 8.44. The molecule has 8 rings (SSSR count). The van der Waals surface area contributed by atoms with Crippen molar-refractivity contribution >= 4 is 65.5 Å². The van der Waals surface area contributed by atoms with Crippen LogP contribution in [0.5, 0.6) is 0 Å². The molecule has 40 heavy (non-hydrogen) atoms. The van der Waals surface area contributed by atoms with E-state index in [1.54, 1.807) is 0 Å². The first-order chi connectivity index (χ1) is 19.5. The van der Waals surface area contributed by atoms with Crippen LogP contribution >= 0.6 is 0 Å². The van der Waals surface area contributed by atoms with Crippen LogP contribution in [0.15, 0.2) is 66.2 Å². The predicted molar refractivity (Wildman–Crippen MR) is 162 cm³/mol. The van der Waals surface area contributed by atoms with Crippen molar-refractivity contribution < 1.29 is 0 Å². The number of aromatic nitrogens is 6.